The summed E-state index contributed by atoms with van der Waals surface area (Å²) in [4.78, 5) is 29.8. The maximum Gasteiger partial charge on any atom is 0.261 e. The smallest absolute Gasteiger partial charge is 0.261 e. The zero-order chi connectivity index (χ0) is 29.0. The van der Waals surface area contributed by atoms with E-state index in [-0.39, 0.29) is 17.5 Å². The molecule has 1 aliphatic heterocycles. The van der Waals surface area contributed by atoms with E-state index in [0.717, 1.165) is 50.4 Å². The van der Waals surface area contributed by atoms with Gasteiger partial charge in [0.25, 0.3) is 11.5 Å². The van der Waals surface area contributed by atoms with Crippen LogP contribution < -0.4 is 5.56 Å². The summed E-state index contributed by atoms with van der Waals surface area (Å²) >= 11 is 3.53. The lowest BCUT2D eigenvalue weighted by atomic mass is 9.97. The number of rotatable bonds is 5. The standard InChI is InChI=1S/C32H33BrN6O2/c1-19(2)14-24-17-34-39-29-18-36(31(40)23-6-11-28(33)20(3)15-23)22(5)16-27(29)32(41)38(30(24)39)26-9-7-25(8-10-26)37-13-12-21(4)35-37/h6-13,15,17,19,22H,14,16,18H2,1-5H3/t22-/m1/s1. The summed E-state index contributed by atoms with van der Waals surface area (Å²) in [7, 11) is 0. The first-order chi connectivity index (χ1) is 19.6. The van der Waals surface area contributed by atoms with Gasteiger partial charge in [0.15, 0.2) is 0 Å². The number of hydrogen-bond acceptors (Lipinski definition) is 4. The predicted molar refractivity (Wildman–Crippen MR) is 163 cm³/mol. The van der Waals surface area contributed by atoms with Crippen LogP contribution in [-0.2, 0) is 19.4 Å². The zero-order valence-corrected chi connectivity index (χ0v) is 25.5. The van der Waals surface area contributed by atoms with Gasteiger partial charge in [-0.1, -0.05) is 29.8 Å². The van der Waals surface area contributed by atoms with Gasteiger partial charge in [0.2, 0.25) is 0 Å². The minimum absolute atomic E-state index is 0.0462. The number of benzene rings is 2. The largest absolute Gasteiger partial charge is 0.330 e. The van der Waals surface area contributed by atoms with Crippen LogP contribution in [0.1, 0.15) is 59.2 Å². The van der Waals surface area contributed by atoms with Crippen molar-refractivity contribution in [3.63, 3.8) is 0 Å². The molecule has 0 saturated carbocycles. The lowest BCUT2D eigenvalue weighted by Gasteiger charge is -2.35. The Kier molecular flexibility index (Phi) is 6.93. The summed E-state index contributed by atoms with van der Waals surface area (Å²) in [6.07, 6.45) is 5.03. The maximum absolute atomic E-state index is 14.3. The van der Waals surface area contributed by atoms with Gasteiger partial charge in [0, 0.05) is 33.4 Å². The van der Waals surface area contributed by atoms with E-state index in [1.807, 2.05) is 95.8 Å². The van der Waals surface area contributed by atoms with Gasteiger partial charge in [-0.2, -0.15) is 10.2 Å². The van der Waals surface area contributed by atoms with Crippen molar-refractivity contribution in [1.82, 2.24) is 28.9 Å². The molecule has 2 aromatic carbocycles. The van der Waals surface area contributed by atoms with Gasteiger partial charge in [-0.05, 0) is 93.6 Å². The van der Waals surface area contributed by atoms with Gasteiger partial charge >= 0.3 is 0 Å². The van der Waals surface area contributed by atoms with E-state index in [2.05, 4.69) is 34.9 Å². The van der Waals surface area contributed by atoms with Crippen molar-refractivity contribution in [2.24, 2.45) is 5.92 Å². The average molecular weight is 614 g/mol. The van der Waals surface area contributed by atoms with Crippen molar-refractivity contribution < 1.29 is 4.79 Å². The van der Waals surface area contributed by atoms with Crippen molar-refractivity contribution in [2.75, 3.05) is 0 Å². The number of aryl methyl sites for hydroxylation is 2. The maximum atomic E-state index is 14.3. The van der Waals surface area contributed by atoms with Crippen LogP contribution in [0.2, 0.25) is 0 Å². The summed E-state index contributed by atoms with van der Waals surface area (Å²) in [5.41, 5.74) is 7.47. The molecule has 0 aliphatic carbocycles. The average Bonchev–Trinajstić information content (AvgIpc) is 3.56. The van der Waals surface area contributed by atoms with Gasteiger partial charge < -0.3 is 4.90 Å². The quantitative estimate of drug-likeness (QED) is 0.250. The van der Waals surface area contributed by atoms with Gasteiger partial charge in [-0.3, -0.25) is 14.2 Å². The second-order valence-electron chi connectivity index (χ2n) is 11.4. The molecule has 210 valence electrons. The van der Waals surface area contributed by atoms with Crippen LogP contribution in [0.5, 0.6) is 0 Å². The normalized spacial score (nSPS) is 15.1. The molecule has 9 heteroatoms. The first-order valence-corrected chi connectivity index (χ1v) is 14.7. The van der Waals surface area contributed by atoms with Crippen molar-refractivity contribution in [2.45, 2.75) is 60.0 Å². The van der Waals surface area contributed by atoms with E-state index < -0.39 is 0 Å². The van der Waals surface area contributed by atoms with Gasteiger partial charge in [0.1, 0.15) is 5.65 Å². The molecule has 1 atom stereocenters. The van der Waals surface area contributed by atoms with Crippen LogP contribution in [0.15, 0.2) is 70.2 Å². The van der Waals surface area contributed by atoms with E-state index in [4.69, 9.17) is 5.10 Å². The van der Waals surface area contributed by atoms with Gasteiger partial charge in [-0.15, -0.1) is 0 Å². The van der Waals surface area contributed by atoms with Crippen LogP contribution in [-0.4, -0.2) is 40.8 Å². The fourth-order valence-corrected chi connectivity index (χ4v) is 5.98. The molecule has 5 aromatic rings. The summed E-state index contributed by atoms with van der Waals surface area (Å²) in [5, 5.41) is 9.30. The molecule has 6 rings (SSSR count). The predicted octanol–water partition coefficient (Wildman–Crippen LogP) is 5.84. The molecular formula is C32H33BrN6O2. The molecule has 1 amide bonds. The Labute approximate surface area is 247 Å². The van der Waals surface area contributed by atoms with Gasteiger partial charge in [-0.25, -0.2) is 9.20 Å². The molecule has 8 nitrogen and oxygen atoms in total. The monoisotopic (exact) mass is 612 g/mol. The van der Waals surface area contributed by atoms with E-state index >= 15 is 0 Å². The van der Waals surface area contributed by atoms with Crippen LogP contribution in [0.25, 0.3) is 17.0 Å². The lowest BCUT2D eigenvalue weighted by Crippen LogP contribution is -2.46. The number of carbonyl (C=O) groups is 1. The van der Waals surface area contributed by atoms with E-state index in [9.17, 15) is 9.59 Å². The summed E-state index contributed by atoms with van der Waals surface area (Å²) < 4.78 is 6.48. The number of halogens is 1. The molecule has 0 unspecified atom stereocenters. The molecule has 3 aromatic heterocycles. The highest BCUT2D eigenvalue weighted by molar-refractivity contribution is 9.10. The Balaban J connectivity index is 1.48. The molecule has 0 radical (unpaired) electrons. The fraction of sp³-hybridized carbons (Fsp3) is 0.312. The number of nitrogens with zero attached hydrogens (tertiary/aromatic N) is 6. The molecule has 0 bridgehead atoms. The SMILES string of the molecule is Cc1ccn(-c2ccc(-n3c(=O)c4c(n5ncc(CC(C)C)c35)CN(C(=O)c3ccc(Br)c(C)c3)[C@H](C)C4)cc2)n1. The Hall–Kier alpha value is -3.98. The first kappa shape index (κ1) is 27.2. The highest BCUT2D eigenvalue weighted by Gasteiger charge is 2.33. The third kappa shape index (κ3) is 4.82. The number of fused-ring (bicyclic) bond motifs is 3. The topological polar surface area (TPSA) is 77.4 Å². The molecule has 1 aliphatic rings. The number of hydrogen-bond donors (Lipinski definition) is 0. The third-order valence-corrected chi connectivity index (χ3v) is 8.72. The van der Waals surface area contributed by atoms with E-state index in [1.165, 1.54) is 0 Å². The number of amides is 1. The lowest BCUT2D eigenvalue weighted by molar-refractivity contribution is 0.0651. The van der Waals surface area contributed by atoms with Crippen molar-refractivity contribution in [1.29, 1.82) is 0 Å². The van der Waals surface area contributed by atoms with Gasteiger partial charge in [0.05, 0.1) is 35.5 Å². The first-order valence-electron chi connectivity index (χ1n) is 14.0. The summed E-state index contributed by atoms with van der Waals surface area (Å²) in [6.45, 7) is 10.6. The Morgan fingerprint density at radius 1 is 1.07 bits per heavy atom. The summed E-state index contributed by atoms with van der Waals surface area (Å²) in [5.74, 6) is 0.335. The Bertz CT molecular complexity index is 1850. The minimum atomic E-state index is -0.145. The van der Waals surface area contributed by atoms with E-state index in [0.29, 0.717) is 30.0 Å². The molecular weight excluding hydrogens is 580 g/mol. The summed E-state index contributed by atoms with van der Waals surface area (Å²) in [6, 6.07) is 15.4. The molecule has 0 spiro atoms. The zero-order valence-electron chi connectivity index (χ0n) is 23.9. The van der Waals surface area contributed by atoms with Crippen LogP contribution >= 0.6 is 15.9 Å². The highest BCUT2D eigenvalue weighted by atomic mass is 79.9. The van der Waals surface area contributed by atoms with Crippen molar-refractivity contribution >= 4 is 27.5 Å². The molecule has 4 heterocycles. The second-order valence-corrected chi connectivity index (χ2v) is 12.3. The Morgan fingerprint density at radius 3 is 2.46 bits per heavy atom. The highest BCUT2D eigenvalue weighted by Crippen LogP contribution is 2.28. The number of carbonyl (C=O) groups excluding carboxylic acids is 1. The van der Waals surface area contributed by atoms with E-state index in [1.54, 1.807) is 4.57 Å². The number of aromatic nitrogens is 5. The second kappa shape index (κ2) is 10.4. The van der Waals surface area contributed by atoms with Crippen LogP contribution in [0.3, 0.4) is 0 Å². The molecule has 0 fully saturated rings. The third-order valence-electron chi connectivity index (χ3n) is 7.83. The molecule has 41 heavy (non-hydrogen) atoms. The van der Waals surface area contributed by atoms with Crippen molar-refractivity contribution in [3.8, 4) is 11.4 Å². The van der Waals surface area contributed by atoms with Crippen LogP contribution in [0, 0.1) is 19.8 Å². The molecule has 0 N–H and O–H groups in total. The van der Waals surface area contributed by atoms with Crippen molar-refractivity contribution in [3.05, 3.63) is 109 Å². The van der Waals surface area contributed by atoms with Crippen LogP contribution in [0.4, 0.5) is 0 Å². The fourth-order valence-electron chi connectivity index (χ4n) is 5.74. The molecule has 0 saturated heterocycles. The Morgan fingerprint density at radius 2 is 1.80 bits per heavy atom. The minimum Gasteiger partial charge on any atom is -0.330 e.